The van der Waals surface area contributed by atoms with Crippen molar-refractivity contribution in [2.75, 3.05) is 0 Å². The molecule has 0 spiro atoms. The number of carboxylic acids is 1. The van der Waals surface area contributed by atoms with Gasteiger partial charge in [0.05, 0.1) is 0 Å². The van der Waals surface area contributed by atoms with Gasteiger partial charge in [-0.05, 0) is 5.56 Å². The highest BCUT2D eigenvalue weighted by atomic mass is 32.2. The smallest absolute Gasteiger partial charge is 0.326 e. The summed E-state index contributed by atoms with van der Waals surface area (Å²) in [7, 11) is 0. The van der Waals surface area contributed by atoms with Crippen LogP contribution >= 0.6 is 0 Å². The highest BCUT2D eigenvalue weighted by molar-refractivity contribution is 7.77. The van der Waals surface area contributed by atoms with Crippen LogP contribution in [0.2, 0.25) is 0 Å². The Morgan fingerprint density at radius 1 is 1.36 bits per heavy atom. The minimum absolute atomic E-state index is 0.433. The summed E-state index contributed by atoms with van der Waals surface area (Å²) in [5.41, 5.74) is 0.433. The number of carbonyl (C=O) groups is 1. The summed E-state index contributed by atoms with van der Waals surface area (Å²) in [5, 5.41) is 8.77. The van der Waals surface area contributed by atoms with Crippen LogP contribution in [-0.4, -0.2) is 19.8 Å². The zero-order chi connectivity index (χ0) is 10.6. The minimum Gasteiger partial charge on any atom is -0.480 e. The van der Waals surface area contributed by atoms with Gasteiger partial charge in [0.15, 0.2) is 0 Å². The Kier molecular flexibility index (Phi) is 3.75. The maximum atomic E-state index is 10.7. The Morgan fingerprint density at radius 3 is 2.36 bits per heavy atom. The second-order valence-corrected chi connectivity index (χ2v) is 3.28. The Labute approximate surface area is 83.2 Å². The van der Waals surface area contributed by atoms with Crippen LogP contribution in [-0.2, 0) is 16.1 Å². The molecule has 0 aliphatic heterocycles. The van der Waals surface area contributed by atoms with E-state index >= 15 is 0 Å². The summed E-state index contributed by atoms with van der Waals surface area (Å²) in [6.45, 7) is 0. The molecule has 2 atom stereocenters. The zero-order valence-corrected chi connectivity index (χ0v) is 7.90. The van der Waals surface area contributed by atoms with Gasteiger partial charge in [-0.15, -0.1) is 0 Å². The van der Waals surface area contributed by atoms with Crippen LogP contribution < -0.4 is 4.72 Å². The topological polar surface area (TPSA) is 86.6 Å². The molecule has 76 valence electrons. The number of hydrogen-bond acceptors (Lipinski definition) is 2. The summed E-state index contributed by atoms with van der Waals surface area (Å²) >= 11 is -2.35. The summed E-state index contributed by atoms with van der Waals surface area (Å²) in [4.78, 5) is 10.7. The molecule has 14 heavy (non-hydrogen) atoms. The number of hydrogen-bond donors (Lipinski definition) is 3. The number of rotatable bonds is 4. The Hall–Kier alpha value is -1.24. The van der Waals surface area contributed by atoms with Crippen LogP contribution in [0.1, 0.15) is 11.6 Å². The van der Waals surface area contributed by atoms with Gasteiger partial charge >= 0.3 is 5.97 Å². The largest absolute Gasteiger partial charge is 0.480 e. The molecule has 0 saturated heterocycles. The first-order chi connectivity index (χ1) is 6.61. The molecular weight excluding hydrogens is 206 g/mol. The first kappa shape index (κ1) is 10.8. The van der Waals surface area contributed by atoms with Crippen LogP contribution in [0.4, 0.5) is 0 Å². The van der Waals surface area contributed by atoms with E-state index in [0.29, 0.717) is 5.56 Å². The Morgan fingerprint density at radius 2 is 1.93 bits per heavy atom. The van der Waals surface area contributed by atoms with Crippen molar-refractivity contribution in [3.05, 3.63) is 35.9 Å². The average Bonchev–Trinajstić information content (AvgIpc) is 2.15. The molecule has 0 saturated carbocycles. The lowest BCUT2D eigenvalue weighted by Crippen LogP contribution is -2.29. The van der Waals surface area contributed by atoms with Crippen LogP contribution in [0, 0.1) is 0 Å². The van der Waals surface area contributed by atoms with Crippen LogP contribution in [0.3, 0.4) is 0 Å². The lowest BCUT2D eigenvalue weighted by Gasteiger charge is -2.11. The highest BCUT2D eigenvalue weighted by Crippen LogP contribution is 2.12. The molecule has 0 aromatic heterocycles. The van der Waals surface area contributed by atoms with Gasteiger partial charge in [-0.25, -0.2) is 4.21 Å². The van der Waals surface area contributed by atoms with Gasteiger partial charge in [0.25, 0.3) is 0 Å². The van der Waals surface area contributed by atoms with Gasteiger partial charge in [0, 0.05) is 0 Å². The van der Waals surface area contributed by atoms with Crippen molar-refractivity contribution in [1.82, 2.24) is 4.72 Å². The van der Waals surface area contributed by atoms with Crippen LogP contribution in [0.5, 0.6) is 0 Å². The monoisotopic (exact) mass is 215 g/mol. The van der Waals surface area contributed by atoms with E-state index in [9.17, 15) is 9.00 Å². The maximum absolute atomic E-state index is 10.7. The first-order valence-electron chi connectivity index (χ1n) is 3.76. The number of benzene rings is 1. The van der Waals surface area contributed by atoms with Gasteiger partial charge in [-0.2, -0.15) is 4.72 Å². The second-order valence-electron chi connectivity index (χ2n) is 2.55. The zero-order valence-electron chi connectivity index (χ0n) is 7.08. The van der Waals surface area contributed by atoms with Gasteiger partial charge < -0.3 is 5.11 Å². The predicted octanol–water partition coefficient (Wildman–Crippen LogP) is 0.539. The third-order valence-electron chi connectivity index (χ3n) is 1.60. The van der Waals surface area contributed by atoms with Gasteiger partial charge in [0.1, 0.15) is 6.04 Å². The normalized spacial score (nSPS) is 14.6. The van der Waals surface area contributed by atoms with Crippen molar-refractivity contribution in [2.45, 2.75) is 6.04 Å². The lowest BCUT2D eigenvalue weighted by atomic mass is 10.1. The Balaban J connectivity index is 2.89. The van der Waals surface area contributed by atoms with E-state index < -0.39 is 23.3 Å². The maximum Gasteiger partial charge on any atom is 0.326 e. The van der Waals surface area contributed by atoms with Crippen LogP contribution in [0.15, 0.2) is 30.3 Å². The third-order valence-corrected chi connectivity index (χ3v) is 2.04. The number of carboxylic acid groups (broad SMARTS) is 1. The molecular formula is C8H9NO4S. The van der Waals surface area contributed by atoms with Gasteiger partial charge in [-0.3, -0.25) is 9.35 Å². The van der Waals surface area contributed by atoms with E-state index in [2.05, 4.69) is 0 Å². The fourth-order valence-electron chi connectivity index (χ4n) is 1.01. The number of nitrogens with one attached hydrogen (secondary N) is 1. The van der Waals surface area contributed by atoms with E-state index in [1.54, 1.807) is 30.3 Å². The summed E-state index contributed by atoms with van der Waals surface area (Å²) in [6, 6.07) is 7.03. The van der Waals surface area contributed by atoms with Crippen molar-refractivity contribution in [2.24, 2.45) is 0 Å². The molecule has 5 nitrogen and oxygen atoms in total. The fourth-order valence-corrected chi connectivity index (χ4v) is 1.45. The highest BCUT2D eigenvalue weighted by Gasteiger charge is 2.20. The second kappa shape index (κ2) is 4.85. The van der Waals surface area contributed by atoms with Crippen LogP contribution in [0.25, 0.3) is 0 Å². The summed E-state index contributed by atoms with van der Waals surface area (Å²) < 4.78 is 21.0. The molecule has 0 aliphatic rings. The van der Waals surface area contributed by atoms with Crippen molar-refractivity contribution in [3.63, 3.8) is 0 Å². The standard InChI is InChI=1S/C8H9NO4S/c10-8(11)7(9-14(12)13)6-4-2-1-3-5-6/h1-5,7,9H,(H,10,11)(H,12,13). The van der Waals surface area contributed by atoms with Gasteiger partial charge in [-0.1, -0.05) is 30.3 Å². The van der Waals surface area contributed by atoms with Crippen molar-refractivity contribution < 1.29 is 18.7 Å². The third kappa shape index (κ3) is 2.91. The molecule has 3 N–H and O–H groups in total. The SMILES string of the molecule is O=C(O)C(NS(=O)O)c1ccccc1. The minimum atomic E-state index is -2.35. The molecule has 0 radical (unpaired) electrons. The van der Waals surface area contributed by atoms with E-state index in [4.69, 9.17) is 9.66 Å². The molecule has 0 aliphatic carbocycles. The molecule has 1 aromatic carbocycles. The van der Waals surface area contributed by atoms with E-state index in [1.807, 2.05) is 4.72 Å². The molecule has 1 rings (SSSR count). The van der Waals surface area contributed by atoms with E-state index in [-0.39, 0.29) is 0 Å². The quantitative estimate of drug-likeness (QED) is 0.640. The van der Waals surface area contributed by atoms with E-state index in [1.165, 1.54) is 0 Å². The van der Waals surface area contributed by atoms with Crippen molar-refractivity contribution in [1.29, 1.82) is 0 Å². The lowest BCUT2D eigenvalue weighted by molar-refractivity contribution is -0.139. The fraction of sp³-hybridized carbons (Fsp3) is 0.125. The molecule has 0 fully saturated rings. The number of aliphatic carboxylic acids is 1. The molecule has 0 heterocycles. The average molecular weight is 215 g/mol. The molecule has 0 bridgehead atoms. The van der Waals surface area contributed by atoms with Crippen molar-refractivity contribution >= 4 is 17.2 Å². The first-order valence-corrected chi connectivity index (χ1v) is 4.86. The summed E-state index contributed by atoms with van der Waals surface area (Å²) in [6.07, 6.45) is 0. The Bertz CT molecular complexity index is 340. The molecule has 6 heteroatoms. The van der Waals surface area contributed by atoms with Crippen molar-refractivity contribution in [3.8, 4) is 0 Å². The van der Waals surface area contributed by atoms with E-state index in [0.717, 1.165) is 0 Å². The molecule has 0 amide bonds. The molecule has 1 aromatic rings. The predicted molar refractivity (Wildman–Crippen MR) is 50.7 cm³/mol. The van der Waals surface area contributed by atoms with Gasteiger partial charge in [0.2, 0.25) is 11.3 Å². The molecule has 2 unspecified atom stereocenters. The summed E-state index contributed by atoms with van der Waals surface area (Å²) in [5.74, 6) is -1.20.